The van der Waals surface area contributed by atoms with E-state index in [1.54, 1.807) is 44.2 Å². The van der Waals surface area contributed by atoms with Crippen LogP contribution in [0.3, 0.4) is 0 Å². The van der Waals surface area contributed by atoms with Crippen molar-refractivity contribution < 1.29 is 18.7 Å². The third-order valence-electron chi connectivity index (χ3n) is 4.82. The van der Waals surface area contributed by atoms with E-state index in [1.807, 2.05) is 0 Å². The van der Waals surface area contributed by atoms with Crippen molar-refractivity contribution in [3.63, 3.8) is 0 Å². The summed E-state index contributed by atoms with van der Waals surface area (Å²) in [7, 11) is 0. The summed E-state index contributed by atoms with van der Waals surface area (Å²) in [5, 5.41) is 8.29. The second-order valence-corrected chi connectivity index (χ2v) is 7.76. The molecule has 0 aliphatic carbocycles. The summed E-state index contributed by atoms with van der Waals surface area (Å²) < 4.78 is 18.3. The predicted octanol–water partition coefficient (Wildman–Crippen LogP) is 5.69. The molecule has 0 saturated carbocycles. The van der Waals surface area contributed by atoms with E-state index in [1.165, 1.54) is 18.3 Å². The lowest BCUT2D eigenvalue weighted by Crippen LogP contribution is -2.20. The summed E-state index contributed by atoms with van der Waals surface area (Å²) in [4.78, 5) is 37.4. The Bertz CT molecular complexity index is 1410. The van der Waals surface area contributed by atoms with Crippen LogP contribution >= 0.6 is 11.6 Å². The molecule has 178 valence electrons. The van der Waals surface area contributed by atoms with Gasteiger partial charge in [-0.3, -0.25) is 0 Å². The Morgan fingerprint density at radius 3 is 2.49 bits per heavy atom. The van der Waals surface area contributed by atoms with Crippen LogP contribution in [0.15, 0.2) is 54.7 Å². The fraction of sp³-hybridized carbons (Fsp3) is 0.125. The highest BCUT2D eigenvalue weighted by atomic mass is 35.5. The molecule has 2 amide bonds. The molecular weight excluding hydrogens is 475 g/mol. The number of nitrogens with zero attached hydrogens (tertiary/aromatic N) is 3. The molecule has 0 bridgehead atoms. The third-order valence-corrected chi connectivity index (χ3v) is 5.11. The van der Waals surface area contributed by atoms with Crippen LogP contribution in [-0.4, -0.2) is 33.6 Å². The first-order valence-corrected chi connectivity index (χ1v) is 10.9. The van der Waals surface area contributed by atoms with E-state index in [2.05, 4.69) is 30.9 Å². The Hall–Kier alpha value is -4.31. The SMILES string of the molecule is CCOC(=O)c1ccc(Nc2cnc3cc(NC(=O)Nc4ccc(F)c(Cl)c4)c(C)nc3n2)cc1. The van der Waals surface area contributed by atoms with Crippen molar-refractivity contribution >= 4 is 57.6 Å². The van der Waals surface area contributed by atoms with E-state index < -0.39 is 11.8 Å². The fourth-order valence-electron chi connectivity index (χ4n) is 3.13. The second-order valence-electron chi connectivity index (χ2n) is 7.35. The van der Waals surface area contributed by atoms with Gasteiger partial charge in [0.2, 0.25) is 0 Å². The second kappa shape index (κ2) is 10.3. The molecular formula is C24H20ClFN6O3. The zero-order valence-electron chi connectivity index (χ0n) is 18.7. The average molecular weight is 495 g/mol. The first kappa shape index (κ1) is 23.8. The van der Waals surface area contributed by atoms with Gasteiger partial charge in [0.25, 0.3) is 0 Å². The van der Waals surface area contributed by atoms with Crippen LogP contribution < -0.4 is 16.0 Å². The van der Waals surface area contributed by atoms with Crippen molar-refractivity contribution in [3.05, 3.63) is 76.8 Å². The van der Waals surface area contributed by atoms with Gasteiger partial charge in [0.1, 0.15) is 11.3 Å². The van der Waals surface area contributed by atoms with Gasteiger partial charge in [-0.05, 0) is 62.4 Å². The fourth-order valence-corrected chi connectivity index (χ4v) is 3.31. The van der Waals surface area contributed by atoms with Crippen LogP contribution in [0.25, 0.3) is 11.2 Å². The lowest BCUT2D eigenvalue weighted by Gasteiger charge is -2.11. The van der Waals surface area contributed by atoms with Crippen LogP contribution in [0.2, 0.25) is 5.02 Å². The van der Waals surface area contributed by atoms with E-state index in [4.69, 9.17) is 16.3 Å². The number of hydrogen-bond acceptors (Lipinski definition) is 7. The highest BCUT2D eigenvalue weighted by Crippen LogP contribution is 2.23. The number of carbonyl (C=O) groups is 2. The maximum atomic E-state index is 13.3. The van der Waals surface area contributed by atoms with Gasteiger partial charge in [0, 0.05) is 11.4 Å². The Kier molecular flexibility index (Phi) is 7.02. The molecule has 0 fully saturated rings. The highest BCUT2D eigenvalue weighted by Gasteiger charge is 2.11. The maximum Gasteiger partial charge on any atom is 0.338 e. The number of nitrogens with one attached hydrogen (secondary N) is 3. The largest absolute Gasteiger partial charge is 0.462 e. The summed E-state index contributed by atoms with van der Waals surface area (Å²) in [6, 6.07) is 11.8. The zero-order chi connectivity index (χ0) is 24.9. The van der Waals surface area contributed by atoms with Gasteiger partial charge >= 0.3 is 12.0 Å². The van der Waals surface area contributed by atoms with Crippen molar-refractivity contribution in [1.29, 1.82) is 0 Å². The summed E-state index contributed by atoms with van der Waals surface area (Å²) in [6.45, 7) is 3.78. The van der Waals surface area contributed by atoms with Gasteiger partial charge in [-0.25, -0.2) is 28.9 Å². The average Bonchev–Trinajstić information content (AvgIpc) is 2.82. The van der Waals surface area contributed by atoms with E-state index in [-0.39, 0.29) is 11.0 Å². The molecule has 0 atom stereocenters. The normalized spacial score (nSPS) is 10.6. The topological polar surface area (TPSA) is 118 Å². The van der Waals surface area contributed by atoms with Gasteiger partial charge < -0.3 is 20.7 Å². The molecule has 0 unspecified atom stereocenters. The van der Waals surface area contributed by atoms with Gasteiger partial charge in [-0.15, -0.1) is 0 Å². The number of anilines is 4. The first-order valence-electron chi connectivity index (χ1n) is 10.5. The predicted molar refractivity (Wildman–Crippen MR) is 132 cm³/mol. The lowest BCUT2D eigenvalue weighted by molar-refractivity contribution is 0.0526. The first-order chi connectivity index (χ1) is 16.8. The smallest absolute Gasteiger partial charge is 0.338 e. The number of esters is 1. The number of carbonyl (C=O) groups excluding carboxylic acids is 2. The highest BCUT2D eigenvalue weighted by molar-refractivity contribution is 6.31. The summed E-state index contributed by atoms with van der Waals surface area (Å²) in [6.07, 6.45) is 1.53. The number of aryl methyl sites for hydroxylation is 1. The molecule has 0 radical (unpaired) electrons. The number of urea groups is 1. The third kappa shape index (κ3) is 5.79. The van der Waals surface area contributed by atoms with Crippen molar-refractivity contribution in [2.75, 3.05) is 22.6 Å². The summed E-state index contributed by atoms with van der Waals surface area (Å²) in [5.41, 5.74) is 3.31. The zero-order valence-corrected chi connectivity index (χ0v) is 19.5. The molecule has 0 saturated heterocycles. The number of fused-ring (bicyclic) bond motifs is 1. The minimum atomic E-state index is -0.576. The molecule has 0 spiro atoms. The standard InChI is InChI=1S/C24H20ClFN6O3/c1-3-35-23(33)14-4-6-15(7-5-14)29-21-12-27-20-11-19(13(2)28-22(20)32-21)31-24(34)30-16-8-9-18(26)17(25)10-16/h4-12H,3H2,1-2H3,(H,28,29,32)(H2,30,31,34). The van der Waals surface area contributed by atoms with Gasteiger partial charge in [-0.1, -0.05) is 11.6 Å². The van der Waals surface area contributed by atoms with Crippen molar-refractivity contribution in [3.8, 4) is 0 Å². The van der Waals surface area contributed by atoms with Crippen LogP contribution in [0.5, 0.6) is 0 Å². The number of halogens is 2. The van der Waals surface area contributed by atoms with Crippen LogP contribution in [0, 0.1) is 12.7 Å². The van der Waals surface area contributed by atoms with Crippen LogP contribution in [0.1, 0.15) is 23.0 Å². The Balaban J connectivity index is 1.46. The molecule has 2 heterocycles. The Morgan fingerprint density at radius 1 is 1.03 bits per heavy atom. The number of hydrogen-bond donors (Lipinski definition) is 3. The summed E-state index contributed by atoms with van der Waals surface area (Å²) >= 11 is 5.75. The minimum Gasteiger partial charge on any atom is -0.462 e. The number of ether oxygens (including phenoxy) is 1. The molecule has 0 aliphatic rings. The van der Waals surface area contributed by atoms with Gasteiger partial charge in [0.15, 0.2) is 11.5 Å². The Labute approximate surface area is 204 Å². The molecule has 2 aromatic carbocycles. The maximum absolute atomic E-state index is 13.3. The van der Waals surface area contributed by atoms with Gasteiger partial charge in [0.05, 0.1) is 34.8 Å². The molecule has 11 heteroatoms. The molecule has 3 N–H and O–H groups in total. The quantitative estimate of drug-likeness (QED) is 0.295. The number of aromatic nitrogens is 3. The van der Waals surface area contributed by atoms with Crippen molar-refractivity contribution in [2.24, 2.45) is 0 Å². The molecule has 2 aromatic heterocycles. The Morgan fingerprint density at radius 2 is 1.77 bits per heavy atom. The number of benzene rings is 2. The molecule has 35 heavy (non-hydrogen) atoms. The molecule has 9 nitrogen and oxygen atoms in total. The number of amides is 2. The molecule has 4 rings (SSSR count). The van der Waals surface area contributed by atoms with Crippen LogP contribution in [-0.2, 0) is 4.74 Å². The van der Waals surface area contributed by atoms with E-state index >= 15 is 0 Å². The molecule has 0 aliphatic heterocycles. The monoisotopic (exact) mass is 494 g/mol. The van der Waals surface area contributed by atoms with Crippen LogP contribution in [0.4, 0.5) is 32.1 Å². The molecule has 4 aromatic rings. The van der Waals surface area contributed by atoms with Gasteiger partial charge in [-0.2, -0.15) is 0 Å². The number of rotatable bonds is 6. The summed E-state index contributed by atoms with van der Waals surface area (Å²) in [5.74, 6) is -0.503. The van der Waals surface area contributed by atoms with E-state index in [0.717, 1.165) is 6.07 Å². The lowest BCUT2D eigenvalue weighted by atomic mass is 10.2. The van der Waals surface area contributed by atoms with E-state index in [0.29, 0.717) is 51.9 Å². The van der Waals surface area contributed by atoms with Crippen molar-refractivity contribution in [1.82, 2.24) is 15.0 Å². The number of pyridine rings is 1. The van der Waals surface area contributed by atoms with Crippen molar-refractivity contribution in [2.45, 2.75) is 13.8 Å². The van der Waals surface area contributed by atoms with E-state index in [9.17, 15) is 14.0 Å². The minimum absolute atomic E-state index is 0.0963.